The number of ether oxygens (including phenoxy) is 2. The largest absolute Gasteiger partial charge is 0.465 e. The van der Waals surface area contributed by atoms with Gasteiger partial charge in [-0.1, -0.05) is 42.5 Å². The predicted molar refractivity (Wildman–Crippen MR) is 81.6 cm³/mol. The third kappa shape index (κ3) is 7.22. The van der Waals surface area contributed by atoms with Crippen molar-refractivity contribution in [3.63, 3.8) is 0 Å². The predicted octanol–water partition coefficient (Wildman–Crippen LogP) is 2.65. The minimum absolute atomic E-state index is 0.0183. The summed E-state index contributed by atoms with van der Waals surface area (Å²) < 4.78 is 10.2. The maximum Gasteiger partial charge on any atom is 0.302 e. The summed E-state index contributed by atoms with van der Waals surface area (Å²) in [7, 11) is 0. The molecule has 1 unspecified atom stereocenters. The molecule has 0 radical (unpaired) electrons. The van der Waals surface area contributed by atoms with Crippen molar-refractivity contribution in [2.45, 2.75) is 6.92 Å². The first-order chi connectivity index (χ1) is 10.1. The lowest BCUT2D eigenvalue weighted by molar-refractivity contribution is -0.144. The Hall–Kier alpha value is -2.20. The molecule has 112 valence electrons. The fourth-order valence-corrected chi connectivity index (χ4v) is 1.60. The third-order valence-corrected chi connectivity index (χ3v) is 2.68. The van der Waals surface area contributed by atoms with Gasteiger partial charge in [-0.15, -0.1) is 6.58 Å². The van der Waals surface area contributed by atoms with Crippen LogP contribution in [-0.2, 0) is 19.1 Å². The molecular weight excluding hydrogens is 268 g/mol. The van der Waals surface area contributed by atoms with Crippen LogP contribution in [0, 0.1) is 5.92 Å². The molecule has 0 amide bonds. The Morgan fingerprint density at radius 1 is 1.24 bits per heavy atom. The van der Waals surface area contributed by atoms with Crippen molar-refractivity contribution in [1.29, 1.82) is 0 Å². The van der Waals surface area contributed by atoms with E-state index in [-0.39, 0.29) is 19.0 Å². The Balaban J connectivity index is 2.62. The van der Waals surface area contributed by atoms with E-state index in [0.717, 1.165) is 5.56 Å². The van der Waals surface area contributed by atoms with Gasteiger partial charge in [-0.25, -0.2) is 0 Å². The fraction of sp³-hybridized carbons (Fsp3) is 0.294. The minimum Gasteiger partial charge on any atom is -0.465 e. The maximum absolute atomic E-state index is 12.1. The molecule has 0 N–H and O–H groups in total. The number of hydrogen-bond acceptors (Lipinski definition) is 4. The third-order valence-electron chi connectivity index (χ3n) is 2.68. The molecule has 21 heavy (non-hydrogen) atoms. The van der Waals surface area contributed by atoms with E-state index in [0.29, 0.717) is 6.61 Å². The topological polar surface area (TPSA) is 52.6 Å². The summed E-state index contributed by atoms with van der Waals surface area (Å²) in [6.07, 6.45) is 4.82. The lowest BCUT2D eigenvalue weighted by atomic mass is 10.0. The van der Waals surface area contributed by atoms with E-state index in [9.17, 15) is 9.59 Å². The van der Waals surface area contributed by atoms with E-state index in [1.54, 1.807) is 12.2 Å². The number of carbonyl (C=O) groups excluding carboxylic acids is 2. The van der Waals surface area contributed by atoms with Crippen LogP contribution in [-0.4, -0.2) is 31.6 Å². The van der Waals surface area contributed by atoms with Crippen LogP contribution in [0.25, 0.3) is 6.08 Å². The Labute approximate surface area is 125 Å². The van der Waals surface area contributed by atoms with E-state index in [1.807, 2.05) is 30.3 Å². The van der Waals surface area contributed by atoms with Gasteiger partial charge in [0.1, 0.15) is 6.61 Å². The van der Waals surface area contributed by atoms with Gasteiger partial charge in [0.2, 0.25) is 0 Å². The summed E-state index contributed by atoms with van der Waals surface area (Å²) in [5.74, 6) is -1.05. The molecule has 1 aromatic carbocycles. The first-order valence-electron chi connectivity index (χ1n) is 6.72. The Morgan fingerprint density at radius 2 is 1.95 bits per heavy atom. The molecule has 0 spiro atoms. The Morgan fingerprint density at radius 3 is 2.57 bits per heavy atom. The molecule has 0 aliphatic rings. The monoisotopic (exact) mass is 288 g/mol. The molecule has 0 fully saturated rings. The van der Waals surface area contributed by atoms with E-state index in [4.69, 9.17) is 9.47 Å². The van der Waals surface area contributed by atoms with Gasteiger partial charge < -0.3 is 9.47 Å². The summed E-state index contributed by atoms with van der Waals surface area (Å²) in [4.78, 5) is 23.0. The van der Waals surface area contributed by atoms with Gasteiger partial charge in [-0.3, -0.25) is 9.59 Å². The van der Waals surface area contributed by atoms with Crippen molar-refractivity contribution in [1.82, 2.24) is 0 Å². The van der Waals surface area contributed by atoms with Crippen LogP contribution in [0.1, 0.15) is 12.5 Å². The number of ketones is 1. The fourth-order valence-electron chi connectivity index (χ4n) is 1.60. The van der Waals surface area contributed by atoms with Crippen LogP contribution in [0.4, 0.5) is 0 Å². The highest BCUT2D eigenvalue weighted by Crippen LogP contribution is 2.07. The summed E-state index contributed by atoms with van der Waals surface area (Å²) in [6.45, 7) is 5.42. The second kappa shape index (κ2) is 9.66. The van der Waals surface area contributed by atoms with Crippen molar-refractivity contribution in [3.05, 3.63) is 54.6 Å². The summed E-state index contributed by atoms with van der Waals surface area (Å²) >= 11 is 0. The van der Waals surface area contributed by atoms with Gasteiger partial charge >= 0.3 is 5.97 Å². The smallest absolute Gasteiger partial charge is 0.302 e. The quantitative estimate of drug-likeness (QED) is 0.303. The second-order valence-electron chi connectivity index (χ2n) is 4.47. The number of carbonyl (C=O) groups is 2. The average Bonchev–Trinajstić information content (AvgIpc) is 2.49. The maximum atomic E-state index is 12.1. The molecular formula is C17H20O4. The number of allylic oxidation sites excluding steroid dienone is 1. The average molecular weight is 288 g/mol. The molecule has 0 saturated carbocycles. The van der Waals surface area contributed by atoms with Crippen LogP contribution in [0.2, 0.25) is 0 Å². The first kappa shape index (κ1) is 16.9. The van der Waals surface area contributed by atoms with Crippen LogP contribution in [0.15, 0.2) is 49.1 Å². The Bertz CT molecular complexity index is 491. The zero-order valence-electron chi connectivity index (χ0n) is 12.2. The molecule has 0 saturated heterocycles. The summed E-state index contributed by atoms with van der Waals surface area (Å²) in [5, 5.41) is 0. The number of esters is 1. The van der Waals surface area contributed by atoms with E-state index in [2.05, 4.69) is 6.58 Å². The van der Waals surface area contributed by atoms with Crippen molar-refractivity contribution in [2.75, 3.05) is 19.8 Å². The molecule has 0 aromatic heterocycles. The van der Waals surface area contributed by atoms with Gasteiger partial charge in [0.25, 0.3) is 0 Å². The molecule has 0 aliphatic carbocycles. The molecule has 0 heterocycles. The summed E-state index contributed by atoms with van der Waals surface area (Å²) in [6, 6.07) is 9.51. The highest BCUT2D eigenvalue weighted by molar-refractivity contribution is 5.95. The number of benzene rings is 1. The van der Waals surface area contributed by atoms with E-state index >= 15 is 0 Å². The lowest BCUT2D eigenvalue weighted by Gasteiger charge is -2.13. The van der Waals surface area contributed by atoms with E-state index < -0.39 is 11.9 Å². The molecule has 1 aromatic rings. The van der Waals surface area contributed by atoms with Crippen LogP contribution < -0.4 is 0 Å². The zero-order valence-corrected chi connectivity index (χ0v) is 12.2. The molecule has 0 bridgehead atoms. The molecule has 1 rings (SSSR count). The zero-order chi connectivity index (χ0) is 15.5. The second-order valence-corrected chi connectivity index (χ2v) is 4.47. The van der Waals surface area contributed by atoms with Gasteiger partial charge in [-0.2, -0.15) is 0 Å². The van der Waals surface area contributed by atoms with Crippen molar-refractivity contribution in [3.8, 4) is 0 Å². The SMILES string of the molecule is C=CCOCC(COC(C)=O)C(=O)/C=C/c1ccccc1. The van der Waals surface area contributed by atoms with E-state index in [1.165, 1.54) is 13.0 Å². The number of hydrogen-bond donors (Lipinski definition) is 0. The highest BCUT2D eigenvalue weighted by atomic mass is 16.5. The minimum atomic E-state index is -0.506. The van der Waals surface area contributed by atoms with Crippen molar-refractivity contribution < 1.29 is 19.1 Å². The molecule has 0 aliphatic heterocycles. The van der Waals surface area contributed by atoms with Crippen LogP contribution >= 0.6 is 0 Å². The number of rotatable bonds is 9. The van der Waals surface area contributed by atoms with Gasteiger partial charge in [0, 0.05) is 6.92 Å². The normalized spacial score (nSPS) is 12.0. The van der Waals surface area contributed by atoms with Crippen LogP contribution in [0.5, 0.6) is 0 Å². The van der Waals surface area contributed by atoms with Gasteiger partial charge in [0.05, 0.1) is 19.1 Å². The highest BCUT2D eigenvalue weighted by Gasteiger charge is 2.17. The molecule has 4 nitrogen and oxygen atoms in total. The van der Waals surface area contributed by atoms with Gasteiger partial charge in [0.15, 0.2) is 5.78 Å². The lowest BCUT2D eigenvalue weighted by Crippen LogP contribution is -2.25. The van der Waals surface area contributed by atoms with Crippen molar-refractivity contribution in [2.24, 2.45) is 5.92 Å². The van der Waals surface area contributed by atoms with Crippen LogP contribution in [0.3, 0.4) is 0 Å². The first-order valence-corrected chi connectivity index (χ1v) is 6.72. The van der Waals surface area contributed by atoms with Crippen molar-refractivity contribution >= 4 is 17.8 Å². The molecule has 4 heteroatoms. The Kier molecular flexibility index (Phi) is 7.76. The molecule has 1 atom stereocenters. The standard InChI is InChI=1S/C17H20O4/c1-3-11-20-12-16(13-21-14(2)18)17(19)10-9-15-7-5-4-6-8-15/h3-10,16H,1,11-13H2,2H3/b10-9+. The van der Waals surface area contributed by atoms with Gasteiger partial charge in [-0.05, 0) is 11.6 Å². The summed E-state index contributed by atoms with van der Waals surface area (Å²) in [5.41, 5.74) is 0.934.